The van der Waals surface area contributed by atoms with Gasteiger partial charge in [0.1, 0.15) is 12.4 Å². The first-order chi connectivity index (χ1) is 9.65. The molecule has 20 heavy (non-hydrogen) atoms. The van der Waals surface area contributed by atoms with E-state index < -0.39 is 0 Å². The molecule has 0 radical (unpaired) electrons. The number of rotatable bonds is 6. The summed E-state index contributed by atoms with van der Waals surface area (Å²) in [6.07, 6.45) is 0. The second kappa shape index (κ2) is 6.72. The molecule has 0 atom stereocenters. The van der Waals surface area contributed by atoms with Gasteiger partial charge in [0.2, 0.25) is 5.91 Å². The van der Waals surface area contributed by atoms with E-state index in [1.807, 2.05) is 29.7 Å². The Balaban J connectivity index is 2.21. The maximum Gasteiger partial charge on any atom is 0.240 e. The molecule has 2 rings (SSSR count). The predicted octanol–water partition coefficient (Wildman–Crippen LogP) is 1.85. The first kappa shape index (κ1) is 14.8. The minimum atomic E-state index is -0.0757. The van der Waals surface area contributed by atoms with Gasteiger partial charge in [-0.1, -0.05) is 6.07 Å². The number of nitrogens with zero attached hydrogens (tertiary/aromatic N) is 2. The van der Waals surface area contributed by atoms with Gasteiger partial charge in [-0.25, -0.2) is 4.98 Å². The smallest absolute Gasteiger partial charge is 0.240 e. The number of methoxy groups -OCH3 is 1. The molecule has 2 aromatic rings. The zero-order valence-corrected chi connectivity index (χ0v) is 12.4. The minimum Gasteiger partial charge on any atom is -0.383 e. The van der Waals surface area contributed by atoms with E-state index in [1.54, 1.807) is 7.11 Å². The molecule has 1 amide bonds. The van der Waals surface area contributed by atoms with Crippen LogP contribution < -0.4 is 5.32 Å². The summed E-state index contributed by atoms with van der Waals surface area (Å²) in [5, 5.41) is 2.79. The Morgan fingerprint density at radius 3 is 3.00 bits per heavy atom. The fourth-order valence-corrected chi connectivity index (χ4v) is 2.26. The molecule has 0 bridgehead atoms. The molecule has 0 aliphatic carbocycles. The molecule has 1 heterocycles. The number of aromatic nitrogens is 2. The lowest BCUT2D eigenvalue weighted by Gasteiger charge is -2.08. The van der Waals surface area contributed by atoms with Gasteiger partial charge in [-0.05, 0) is 24.6 Å². The summed E-state index contributed by atoms with van der Waals surface area (Å²) in [4.78, 5) is 16.4. The summed E-state index contributed by atoms with van der Waals surface area (Å²) < 4.78 is 6.75. The third-order valence-corrected chi connectivity index (χ3v) is 3.27. The van der Waals surface area contributed by atoms with E-state index in [-0.39, 0.29) is 18.3 Å². The number of hydrogen-bond donors (Lipinski definition) is 1. The van der Waals surface area contributed by atoms with Crippen molar-refractivity contribution in [3.63, 3.8) is 0 Å². The third kappa shape index (κ3) is 3.29. The monoisotopic (exact) mass is 295 g/mol. The van der Waals surface area contributed by atoms with Gasteiger partial charge in [0.15, 0.2) is 0 Å². The second-order valence-corrected chi connectivity index (χ2v) is 4.85. The topological polar surface area (TPSA) is 56.1 Å². The molecule has 0 aliphatic heterocycles. The van der Waals surface area contributed by atoms with E-state index in [0.29, 0.717) is 19.0 Å². The molecule has 1 aromatic heterocycles. The second-order valence-electron chi connectivity index (χ2n) is 4.58. The van der Waals surface area contributed by atoms with E-state index in [9.17, 15) is 4.79 Å². The lowest BCUT2D eigenvalue weighted by atomic mass is 10.2. The molecule has 0 saturated carbocycles. The largest absolute Gasteiger partial charge is 0.383 e. The quantitative estimate of drug-likeness (QED) is 0.653. The molecule has 1 aromatic carbocycles. The van der Waals surface area contributed by atoms with E-state index >= 15 is 0 Å². The number of nitrogens with one attached hydrogen (secondary N) is 1. The van der Waals surface area contributed by atoms with Crippen molar-refractivity contribution < 1.29 is 9.53 Å². The molecule has 108 valence electrons. The van der Waals surface area contributed by atoms with Crippen LogP contribution in [0.25, 0.3) is 11.0 Å². The van der Waals surface area contributed by atoms with Gasteiger partial charge in [-0.2, -0.15) is 0 Å². The van der Waals surface area contributed by atoms with Gasteiger partial charge in [-0.3, -0.25) is 4.79 Å². The van der Waals surface area contributed by atoms with Crippen molar-refractivity contribution in [3.8, 4) is 0 Å². The van der Waals surface area contributed by atoms with Crippen LogP contribution in [0.2, 0.25) is 0 Å². The lowest BCUT2D eigenvalue weighted by molar-refractivity contribution is -0.121. The van der Waals surface area contributed by atoms with E-state index in [4.69, 9.17) is 16.3 Å². The Bertz CT molecular complexity index is 610. The van der Waals surface area contributed by atoms with Crippen LogP contribution in [0.4, 0.5) is 0 Å². The standard InChI is InChI=1S/C14H18ClN3O2/c1-10-3-4-12-11(7-10)17-13(8-15)18(12)9-14(19)16-5-6-20-2/h3-4,7H,5-6,8-9H2,1-2H3,(H,16,19). The maximum absolute atomic E-state index is 11.9. The van der Waals surface area contributed by atoms with Gasteiger partial charge >= 0.3 is 0 Å². The highest BCUT2D eigenvalue weighted by atomic mass is 35.5. The highest BCUT2D eigenvalue weighted by Crippen LogP contribution is 2.18. The van der Waals surface area contributed by atoms with Crippen molar-refractivity contribution in [3.05, 3.63) is 29.6 Å². The Hall–Kier alpha value is -1.59. The van der Waals surface area contributed by atoms with Crippen LogP contribution >= 0.6 is 11.6 Å². The van der Waals surface area contributed by atoms with Gasteiger partial charge in [0.25, 0.3) is 0 Å². The van der Waals surface area contributed by atoms with Crippen LogP contribution in [0.1, 0.15) is 11.4 Å². The van der Waals surface area contributed by atoms with Crippen LogP contribution in [0, 0.1) is 6.92 Å². The number of hydrogen-bond acceptors (Lipinski definition) is 3. The van der Waals surface area contributed by atoms with Crippen LogP contribution in [0.5, 0.6) is 0 Å². The molecule has 0 aliphatic rings. The van der Waals surface area contributed by atoms with Gasteiger partial charge < -0.3 is 14.6 Å². The average molecular weight is 296 g/mol. The van der Waals surface area contributed by atoms with Crippen molar-refractivity contribution in [2.75, 3.05) is 20.3 Å². The molecule has 5 nitrogen and oxygen atoms in total. The number of benzene rings is 1. The summed E-state index contributed by atoms with van der Waals surface area (Å²) in [6, 6.07) is 5.96. The summed E-state index contributed by atoms with van der Waals surface area (Å²) >= 11 is 5.92. The molecule has 0 unspecified atom stereocenters. The molecule has 0 spiro atoms. The average Bonchev–Trinajstić information content (AvgIpc) is 2.76. The number of alkyl halides is 1. The first-order valence-corrected chi connectivity index (χ1v) is 6.96. The van der Waals surface area contributed by atoms with Gasteiger partial charge in [0.05, 0.1) is 23.5 Å². The van der Waals surface area contributed by atoms with Crippen molar-refractivity contribution in [1.82, 2.24) is 14.9 Å². The van der Waals surface area contributed by atoms with E-state index in [1.165, 1.54) is 0 Å². The lowest BCUT2D eigenvalue weighted by Crippen LogP contribution is -2.30. The summed E-state index contributed by atoms with van der Waals surface area (Å²) in [7, 11) is 1.60. The minimum absolute atomic E-state index is 0.0757. The fraction of sp³-hybridized carbons (Fsp3) is 0.429. The Labute approximate surface area is 122 Å². The first-order valence-electron chi connectivity index (χ1n) is 6.43. The van der Waals surface area contributed by atoms with E-state index in [2.05, 4.69) is 10.3 Å². The number of halogens is 1. The molecular formula is C14H18ClN3O2. The Morgan fingerprint density at radius 2 is 2.30 bits per heavy atom. The molecule has 0 saturated heterocycles. The number of aryl methyl sites for hydroxylation is 1. The Morgan fingerprint density at radius 1 is 1.50 bits per heavy atom. The van der Waals surface area contributed by atoms with Crippen LogP contribution in [-0.4, -0.2) is 35.7 Å². The highest BCUT2D eigenvalue weighted by Gasteiger charge is 2.12. The van der Waals surface area contributed by atoms with Crippen molar-refractivity contribution in [1.29, 1.82) is 0 Å². The summed E-state index contributed by atoms with van der Waals surface area (Å²) in [5.74, 6) is 0.904. The third-order valence-electron chi connectivity index (χ3n) is 3.03. The van der Waals surface area contributed by atoms with Gasteiger partial charge in [-0.15, -0.1) is 11.6 Å². The van der Waals surface area contributed by atoms with Crippen LogP contribution in [0.15, 0.2) is 18.2 Å². The zero-order valence-electron chi connectivity index (χ0n) is 11.6. The fourth-order valence-electron chi connectivity index (χ4n) is 2.06. The van der Waals surface area contributed by atoms with Crippen LogP contribution in [0.3, 0.4) is 0 Å². The number of imidazole rings is 1. The SMILES string of the molecule is COCCNC(=O)Cn1c(CCl)nc2cc(C)ccc21. The molecule has 1 N–H and O–H groups in total. The zero-order chi connectivity index (χ0) is 14.5. The Kier molecular flexibility index (Phi) is 4.98. The van der Waals surface area contributed by atoms with Crippen molar-refractivity contribution >= 4 is 28.5 Å². The summed E-state index contributed by atoms with van der Waals surface area (Å²) in [5.41, 5.74) is 2.92. The number of amides is 1. The van der Waals surface area contributed by atoms with Crippen molar-refractivity contribution in [2.24, 2.45) is 0 Å². The predicted molar refractivity (Wildman–Crippen MR) is 78.9 cm³/mol. The summed E-state index contributed by atoms with van der Waals surface area (Å²) in [6.45, 7) is 3.22. The number of carbonyl (C=O) groups excluding carboxylic acids is 1. The van der Waals surface area contributed by atoms with E-state index in [0.717, 1.165) is 16.6 Å². The van der Waals surface area contributed by atoms with Crippen LogP contribution in [-0.2, 0) is 22.0 Å². The normalized spacial score (nSPS) is 10.9. The highest BCUT2D eigenvalue weighted by molar-refractivity contribution is 6.16. The maximum atomic E-state index is 11.9. The molecule has 0 fully saturated rings. The molecule has 6 heteroatoms. The number of fused-ring (bicyclic) bond motifs is 1. The van der Waals surface area contributed by atoms with Gasteiger partial charge in [0, 0.05) is 13.7 Å². The van der Waals surface area contributed by atoms with Crippen molar-refractivity contribution in [2.45, 2.75) is 19.3 Å². The number of carbonyl (C=O) groups is 1. The molecular weight excluding hydrogens is 278 g/mol. The number of ether oxygens (including phenoxy) is 1.